The highest BCUT2D eigenvalue weighted by Gasteiger charge is 2.31. The van der Waals surface area contributed by atoms with Crippen molar-refractivity contribution >= 4 is 17.6 Å². The largest absolute Gasteiger partial charge is 0.490 e. The molecule has 0 bridgehead atoms. The number of anilines is 1. The van der Waals surface area contributed by atoms with Gasteiger partial charge in [0.25, 0.3) is 5.91 Å². The van der Waals surface area contributed by atoms with Gasteiger partial charge >= 0.3 is 12.2 Å². The van der Waals surface area contributed by atoms with E-state index in [2.05, 4.69) is 31.2 Å². The Morgan fingerprint density at radius 1 is 1.02 bits per heavy atom. The number of pyridine rings is 1. The molecule has 0 spiro atoms. The van der Waals surface area contributed by atoms with Crippen LogP contribution >= 0.6 is 0 Å². The van der Waals surface area contributed by atoms with Crippen molar-refractivity contribution in [3.63, 3.8) is 0 Å². The first-order valence-corrected chi connectivity index (χ1v) is 13.0. The van der Waals surface area contributed by atoms with Gasteiger partial charge in [0, 0.05) is 58.6 Å². The number of carbonyl (C=O) groups is 2. The van der Waals surface area contributed by atoms with E-state index >= 15 is 0 Å². The van der Waals surface area contributed by atoms with Crippen LogP contribution in [0.1, 0.15) is 21.6 Å². The number of amides is 3. The Hall–Kier alpha value is -4.36. The molecule has 1 aliphatic rings. The van der Waals surface area contributed by atoms with Gasteiger partial charge in [-0.1, -0.05) is 12.1 Å². The second-order valence-electron chi connectivity index (χ2n) is 9.16. The molecule has 0 radical (unpaired) electrons. The van der Waals surface area contributed by atoms with Crippen molar-refractivity contribution in [2.45, 2.75) is 12.7 Å². The molecule has 218 valence electrons. The summed E-state index contributed by atoms with van der Waals surface area (Å²) in [5.41, 5.74) is -0.0279. The number of benzene rings is 2. The molecule has 0 atom stereocenters. The number of nitrogens with one attached hydrogen (secondary N) is 4. The van der Waals surface area contributed by atoms with Gasteiger partial charge in [0.1, 0.15) is 29.5 Å². The fourth-order valence-corrected chi connectivity index (χ4v) is 4.04. The standard InChI is InChI=1S/C28H31F3N6O4/c1-32-26(38)24-17-22(8-9-34-24)41-21-5-2-19(3-6-21)18-35-27(39)36-23-16-20(28(29,30)31)4-7-25(23)40-15-14-37-12-10-33-11-13-37/h2-9,16-17,33H,10-15,18H2,1H3,(H,32,38)(H2,35,36,39). The lowest BCUT2D eigenvalue weighted by atomic mass is 10.1. The Balaban J connectivity index is 1.33. The van der Waals surface area contributed by atoms with Gasteiger partial charge in [-0.2, -0.15) is 13.2 Å². The smallest absolute Gasteiger partial charge is 0.416 e. The summed E-state index contributed by atoms with van der Waals surface area (Å²) in [7, 11) is 1.51. The van der Waals surface area contributed by atoms with Gasteiger partial charge in [0.05, 0.1) is 11.3 Å². The molecule has 1 fully saturated rings. The van der Waals surface area contributed by atoms with Gasteiger partial charge in [0.2, 0.25) is 0 Å². The summed E-state index contributed by atoms with van der Waals surface area (Å²) in [5, 5.41) is 10.9. The van der Waals surface area contributed by atoms with Crippen molar-refractivity contribution in [3.05, 3.63) is 77.6 Å². The van der Waals surface area contributed by atoms with E-state index < -0.39 is 17.8 Å². The first-order valence-electron chi connectivity index (χ1n) is 13.0. The van der Waals surface area contributed by atoms with Crippen LogP contribution in [0.4, 0.5) is 23.7 Å². The summed E-state index contributed by atoms with van der Waals surface area (Å²) in [6, 6.07) is 12.3. The first-order chi connectivity index (χ1) is 19.7. The number of rotatable bonds is 10. The number of ether oxygens (including phenoxy) is 2. The Kier molecular flexibility index (Phi) is 9.98. The van der Waals surface area contributed by atoms with Crippen LogP contribution in [0.15, 0.2) is 60.8 Å². The zero-order valence-electron chi connectivity index (χ0n) is 22.4. The minimum atomic E-state index is -4.57. The van der Waals surface area contributed by atoms with Crippen LogP contribution in [0.2, 0.25) is 0 Å². The maximum absolute atomic E-state index is 13.3. The van der Waals surface area contributed by atoms with Crippen molar-refractivity contribution in [1.29, 1.82) is 0 Å². The van der Waals surface area contributed by atoms with E-state index in [4.69, 9.17) is 9.47 Å². The number of nitrogens with zero attached hydrogens (tertiary/aromatic N) is 2. The minimum absolute atomic E-state index is 0.0742. The maximum atomic E-state index is 13.3. The molecule has 41 heavy (non-hydrogen) atoms. The molecule has 1 saturated heterocycles. The number of carbonyl (C=O) groups excluding carboxylic acids is 2. The molecule has 2 aromatic carbocycles. The molecule has 1 aliphatic heterocycles. The van der Waals surface area contributed by atoms with E-state index in [1.807, 2.05) is 0 Å². The maximum Gasteiger partial charge on any atom is 0.416 e. The van der Waals surface area contributed by atoms with Crippen molar-refractivity contribution < 1.29 is 32.2 Å². The van der Waals surface area contributed by atoms with Gasteiger partial charge in [-0.3, -0.25) is 14.7 Å². The summed E-state index contributed by atoms with van der Waals surface area (Å²) >= 11 is 0. The molecule has 0 aliphatic carbocycles. The molecule has 4 rings (SSSR count). The number of hydrogen-bond donors (Lipinski definition) is 4. The molecule has 10 nitrogen and oxygen atoms in total. The van der Waals surface area contributed by atoms with Gasteiger partial charge in [-0.05, 0) is 42.0 Å². The molecular weight excluding hydrogens is 541 g/mol. The quantitative estimate of drug-likeness (QED) is 0.292. The number of piperazine rings is 1. The number of halogens is 3. The Bertz CT molecular complexity index is 1330. The van der Waals surface area contributed by atoms with E-state index in [0.29, 0.717) is 18.0 Å². The SMILES string of the molecule is CNC(=O)c1cc(Oc2ccc(CNC(=O)Nc3cc(C(F)(F)F)ccc3OCCN3CCNCC3)cc2)ccn1. The summed E-state index contributed by atoms with van der Waals surface area (Å²) in [5.74, 6) is 0.740. The Morgan fingerprint density at radius 3 is 2.49 bits per heavy atom. The zero-order chi connectivity index (χ0) is 29.2. The van der Waals surface area contributed by atoms with E-state index in [1.165, 1.54) is 25.4 Å². The Morgan fingerprint density at radius 2 is 1.78 bits per heavy atom. The molecule has 13 heteroatoms. The molecule has 1 aromatic heterocycles. The summed E-state index contributed by atoms with van der Waals surface area (Å²) < 4.78 is 51.5. The summed E-state index contributed by atoms with van der Waals surface area (Å²) in [6.07, 6.45) is -3.11. The third-order valence-corrected chi connectivity index (χ3v) is 6.23. The molecule has 3 aromatic rings. The lowest BCUT2D eigenvalue weighted by Crippen LogP contribution is -2.44. The molecule has 0 saturated carbocycles. The normalized spacial score (nSPS) is 13.8. The van der Waals surface area contributed by atoms with Gasteiger partial charge in [0.15, 0.2) is 0 Å². The van der Waals surface area contributed by atoms with Gasteiger partial charge in [-0.25, -0.2) is 4.79 Å². The number of aromatic nitrogens is 1. The predicted molar refractivity (Wildman–Crippen MR) is 146 cm³/mol. The number of hydrogen-bond acceptors (Lipinski definition) is 7. The van der Waals surface area contributed by atoms with Crippen LogP contribution in [-0.2, 0) is 12.7 Å². The van der Waals surface area contributed by atoms with Crippen LogP contribution in [0.25, 0.3) is 0 Å². The zero-order valence-corrected chi connectivity index (χ0v) is 22.4. The second kappa shape index (κ2) is 13.8. The third kappa shape index (κ3) is 8.82. The monoisotopic (exact) mass is 572 g/mol. The number of urea groups is 1. The molecule has 3 amide bonds. The van der Waals surface area contributed by atoms with Crippen molar-refractivity contribution in [2.75, 3.05) is 51.7 Å². The first kappa shape index (κ1) is 29.6. The van der Waals surface area contributed by atoms with E-state index in [-0.39, 0.29) is 36.2 Å². The van der Waals surface area contributed by atoms with Gasteiger partial charge < -0.3 is 30.7 Å². The van der Waals surface area contributed by atoms with Crippen LogP contribution in [0.3, 0.4) is 0 Å². The summed E-state index contributed by atoms with van der Waals surface area (Å²) in [4.78, 5) is 30.5. The minimum Gasteiger partial charge on any atom is -0.490 e. The van der Waals surface area contributed by atoms with Crippen LogP contribution in [0.5, 0.6) is 17.2 Å². The lowest BCUT2D eigenvalue weighted by Gasteiger charge is -2.27. The highest BCUT2D eigenvalue weighted by molar-refractivity contribution is 5.92. The predicted octanol–water partition coefficient (Wildman–Crippen LogP) is 3.86. The number of alkyl halides is 3. The van der Waals surface area contributed by atoms with E-state index in [1.54, 1.807) is 30.3 Å². The third-order valence-electron chi connectivity index (χ3n) is 6.23. The molecule has 2 heterocycles. The molecule has 0 unspecified atom stereocenters. The average molecular weight is 573 g/mol. The molecular formula is C28H31F3N6O4. The fraction of sp³-hybridized carbons (Fsp3) is 0.321. The molecule has 4 N–H and O–H groups in total. The van der Waals surface area contributed by atoms with Crippen LogP contribution < -0.4 is 30.7 Å². The topological polar surface area (TPSA) is 117 Å². The Labute approximate surface area is 235 Å². The highest BCUT2D eigenvalue weighted by Crippen LogP contribution is 2.35. The summed E-state index contributed by atoms with van der Waals surface area (Å²) in [6.45, 7) is 4.45. The second-order valence-corrected chi connectivity index (χ2v) is 9.16. The average Bonchev–Trinajstić information content (AvgIpc) is 2.97. The van der Waals surface area contributed by atoms with Crippen molar-refractivity contribution in [2.24, 2.45) is 0 Å². The van der Waals surface area contributed by atoms with Crippen molar-refractivity contribution in [1.82, 2.24) is 25.8 Å². The van der Waals surface area contributed by atoms with E-state index in [0.717, 1.165) is 43.9 Å². The highest BCUT2D eigenvalue weighted by atomic mass is 19.4. The van der Waals surface area contributed by atoms with Crippen LogP contribution in [-0.4, -0.2) is 68.2 Å². The van der Waals surface area contributed by atoms with Gasteiger partial charge in [-0.15, -0.1) is 0 Å². The lowest BCUT2D eigenvalue weighted by molar-refractivity contribution is -0.137. The fourth-order valence-electron chi connectivity index (χ4n) is 4.04. The van der Waals surface area contributed by atoms with Crippen molar-refractivity contribution in [3.8, 4) is 17.2 Å². The van der Waals surface area contributed by atoms with E-state index in [9.17, 15) is 22.8 Å². The van der Waals surface area contributed by atoms with Crippen LogP contribution in [0, 0.1) is 0 Å².